The number of hydrogen-bond acceptors (Lipinski definition) is 2. The van der Waals surface area contributed by atoms with Gasteiger partial charge in [0.2, 0.25) is 5.91 Å². The molecule has 2 aromatic rings. The minimum absolute atomic E-state index is 0.000402. The van der Waals surface area contributed by atoms with E-state index in [0.717, 1.165) is 5.69 Å². The number of carbonyl (C=O) groups is 1. The molecule has 3 heteroatoms. The highest BCUT2D eigenvalue weighted by molar-refractivity contribution is 5.94. The van der Waals surface area contributed by atoms with Gasteiger partial charge in [-0.25, -0.2) is 0 Å². The van der Waals surface area contributed by atoms with E-state index >= 15 is 0 Å². The van der Waals surface area contributed by atoms with E-state index in [2.05, 4.69) is 82.5 Å². The van der Waals surface area contributed by atoms with Crippen LogP contribution in [0, 0.1) is 6.92 Å². The van der Waals surface area contributed by atoms with Gasteiger partial charge in [0, 0.05) is 11.7 Å². The molecule has 0 saturated carbocycles. The van der Waals surface area contributed by atoms with Gasteiger partial charge in [-0.3, -0.25) is 4.79 Å². The average Bonchev–Trinajstić information content (AvgIpc) is 2.59. The van der Waals surface area contributed by atoms with E-state index in [1.54, 1.807) is 0 Å². The largest absolute Gasteiger partial charge is 0.324 e. The molecule has 0 aromatic heterocycles. The van der Waals surface area contributed by atoms with Crippen LogP contribution in [-0.2, 0) is 4.79 Å². The molecule has 0 radical (unpaired) electrons. The standard InChI is InChI=1S/C23H32N2O/c1-15(2)19-12-9-13-20(16(3)4)23(19)25-22(26)14-24-18(6)21-11-8-7-10-17(21)5/h7-13,15-16,18,24H,14H2,1-6H3,(H,25,26). The van der Waals surface area contributed by atoms with Crippen molar-refractivity contribution in [2.45, 2.75) is 59.4 Å². The Hall–Kier alpha value is -2.13. The van der Waals surface area contributed by atoms with Gasteiger partial charge in [0.1, 0.15) is 0 Å². The summed E-state index contributed by atoms with van der Waals surface area (Å²) in [6, 6.07) is 14.7. The van der Waals surface area contributed by atoms with Gasteiger partial charge in [-0.15, -0.1) is 0 Å². The normalized spacial score (nSPS) is 12.5. The van der Waals surface area contributed by atoms with Crippen LogP contribution in [0.25, 0.3) is 0 Å². The number of rotatable bonds is 7. The zero-order valence-corrected chi connectivity index (χ0v) is 16.9. The minimum atomic E-state index is 0.000402. The molecule has 0 fully saturated rings. The summed E-state index contributed by atoms with van der Waals surface area (Å²) < 4.78 is 0. The van der Waals surface area contributed by atoms with Crippen molar-refractivity contribution in [1.29, 1.82) is 0 Å². The molecule has 1 atom stereocenters. The smallest absolute Gasteiger partial charge is 0.238 e. The third-order valence-electron chi connectivity index (χ3n) is 4.86. The summed E-state index contributed by atoms with van der Waals surface area (Å²) >= 11 is 0. The molecular formula is C23H32N2O. The van der Waals surface area contributed by atoms with Crippen LogP contribution in [0.5, 0.6) is 0 Å². The van der Waals surface area contributed by atoms with Crippen LogP contribution in [0.2, 0.25) is 0 Å². The number of hydrogen-bond donors (Lipinski definition) is 2. The predicted molar refractivity (Wildman–Crippen MR) is 111 cm³/mol. The van der Waals surface area contributed by atoms with Crippen molar-refractivity contribution in [3.8, 4) is 0 Å². The summed E-state index contributed by atoms with van der Waals surface area (Å²) in [7, 11) is 0. The van der Waals surface area contributed by atoms with E-state index in [-0.39, 0.29) is 11.9 Å². The summed E-state index contributed by atoms with van der Waals surface area (Å²) in [5.74, 6) is 0.728. The molecule has 1 unspecified atom stereocenters. The van der Waals surface area contributed by atoms with E-state index in [4.69, 9.17) is 0 Å². The van der Waals surface area contributed by atoms with Crippen molar-refractivity contribution >= 4 is 11.6 Å². The van der Waals surface area contributed by atoms with Crippen molar-refractivity contribution in [3.63, 3.8) is 0 Å². The van der Waals surface area contributed by atoms with Gasteiger partial charge in [0.05, 0.1) is 6.54 Å². The van der Waals surface area contributed by atoms with Crippen molar-refractivity contribution in [3.05, 3.63) is 64.7 Å². The molecule has 0 aliphatic heterocycles. The van der Waals surface area contributed by atoms with Crippen molar-refractivity contribution in [1.82, 2.24) is 5.32 Å². The Balaban J connectivity index is 2.09. The van der Waals surface area contributed by atoms with Gasteiger partial charge in [-0.2, -0.15) is 0 Å². The molecule has 2 N–H and O–H groups in total. The van der Waals surface area contributed by atoms with E-state index < -0.39 is 0 Å². The second kappa shape index (κ2) is 9.00. The molecule has 0 saturated heterocycles. The Labute approximate surface area is 158 Å². The molecule has 140 valence electrons. The fourth-order valence-electron chi connectivity index (χ4n) is 3.31. The van der Waals surface area contributed by atoms with Gasteiger partial charge in [0.25, 0.3) is 0 Å². The van der Waals surface area contributed by atoms with Gasteiger partial charge in [-0.1, -0.05) is 70.2 Å². The predicted octanol–water partition coefficient (Wildman–Crippen LogP) is 5.53. The van der Waals surface area contributed by atoms with Gasteiger partial charge < -0.3 is 10.6 Å². The number of benzene rings is 2. The number of aryl methyl sites for hydroxylation is 1. The molecule has 2 aromatic carbocycles. The number of carbonyl (C=O) groups excluding carboxylic acids is 1. The maximum absolute atomic E-state index is 12.6. The van der Waals surface area contributed by atoms with Crippen molar-refractivity contribution in [2.24, 2.45) is 0 Å². The fourth-order valence-corrected chi connectivity index (χ4v) is 3.31. The maximum atomic E-state index is 12.6. The Morgan fingerprint density at radius 2 is 1.38 bits per heavy atom. The molecule has 3 nitrogen and oxygen atoms in total. The lowest BCUT2D eigenvalue weighted by molar-refractivity contribution is -0.115. The van der Waals surface area contributed by atoms with Gasteiger partial charge in [0.15, 0.2) is 0 Å². The molecule has 0 bridgehead atoms. The summed E-state index contributed by atoms with van der Waals surface area (Å²) in [5.41, 5.74) is 5.83. The first-order valence-corrected chi connectivity index (χ1v) is 9.52. The summed E-state index contributed by atoms with van der Waals surface area (Å²) in [6.45, 7) is 13.1. The van der Waals surface area contributed by atoms with E-state index in [9.17, 15) is 4.79 Å². The highest BCUT2D eigenvalue weighted by Gasteiger charge is 2.16. The monoisotopic (exact) mass is 352 g/mol. The molecule has 0 aliphatic carbocycles. The second-order valence-electron chi connectivity index (χ2n) is 7.63. The van der Waals surface area contributed by atoms with E-state index in [1.807, 2.05) is 12.1 Å². The van der Waals surface area contributed by atoms with Crippen LogP contribution in [0.15, 0.2) is 42.5 Å². The lowest BCUT2D eigenvalue weighted by Crippen LogP contribution is -2.31. The molecule has 0 spiro atoms. The maximum Gasteiger partial charge on any atom is 0.238 e. The number of para-hydroxylation sites is 1. The zero-order valence-electron chi connectivity index (χ0n) is 16.9. The zero-order chi connectivity index (χ0) is 19.3. The van der Waals surface area contributed by atoms with Crippen LogP contribution in [0.4, 0.5) is 5.69 Å². The van der Waals surface area contributed by atoms with Crippen LogP contribution < -0.4 is 10.6 Å². The van der Waals surface area contributed by atoms with Crippen LogP contribution in [0.3, 0.4) is 0 Å². The summed E-state index contributed by atoms with van der Waals surface area (Å²) in [4.78, 5) is 12.6. The second-order valence-corrected chi connectivity index (χ2v) is 7.63. The highest BCUT2D eigenvalue weighted by Crippen LogP contribution is 2.32. The average molecular weight is 353 g/mol. The molecular weight excluding hydrogens is 320 g/mol. The number of nitrogens with one attached hydrogen (secondary N) is 2. The highest BCUT2D eigenvalue weighted by atomic mass is 16.1. The lowest BCUT2D eigenvalue weighted by Gasteiger charge is -2.21. The Morgan fingerprint density at radius 1 is 0.846 bits per heavy atom. The van der Waals surface area contributed by atoms with Crippen LogP contribution in [0.1, 0.15) is 74.8 Å². The summed E-state index contributed by atoms with van der Waals surface area (Å²) in [5, 5.41) is 6.51. The van der Waals surface area contributed by atoms with E-state index in [0.29, 0.717) is 18.4 Å². The quantitative estimate of drug-likeness (QED) is 0.688. The topological polar surface area (TPSA) is 41.1 Å². The fraction of sp³-hybridized carbons (Fsp3) is 0.435. The molecule has 26 heavy (non-hydrogen) atoms. The molecule has 0 aliphatic rings. The lowest BCUT2D eigenvalue weighted by atomic mass is 9.92. The Kier molecular flexibility index (Phi) is 6.98. The molecule has 0 heterocycles. The van der Waals surface area contributed by atoms with Crippen molar-refractivity contribution < 1.29 is 4.79 Å². The van der Waals surface area contributed by atoms with Crippen LogP contribution >= 0.6 is 0 Å². The Morgan fingerprint density at radius 3 is 1.92 bits per heavy atom. The summed E-state index contributed by atoms with van der Waals surface area (Å²) in [6.07, 6.45) is 0. The SMILES string of the molecule is Cc1ccccc1C(C)NCC(=O)Nc1c(C(C)C)cccc1C(C)C. The first kappa shape index (κ1) is 20.2. The van der Waals surface area contributed by atoms with Gasteiger partial charge >= 0.3 is 0 Å². The van der Waals surface area contributed by atoms with Crippen molar-refractivity contribution in [2.75, 3.05) is 11.9 Å². The third kappa shape index (κ3) is 4.95. The van der Waals surface area contributed by atoms with Gasteiger partial charge in [-0.05, 0) is 47.9 Å². The minimum Gasteiger partial charge on any atom is -0.324 e. The molecule has 1 amide bonds. The number of amides is 1. The third-order valence-corrected chi connectivity index (χ3v) is 4.86. The Bertz CT molecular complexity index is 723. The first-order chi connectivity index (χ1) is 12.3. The number of anilines is 1. The first-order valence-electron chi connectivity index (χ1n) is 9.52. The molecule has 2 rings (SSSR count). The van der Waals surface area contributed by atoms with E-state index in [1.165, 1.54) is 22.3 Å². The van der Waals surface area contributed by atoms with Crippen LogP contribution in [-0.4, -0.2) is 12.5 Å².